The van der Waals surface area contributed by atoms with E-state index >= 15 is 0 Å². The van der Waals surface area contributed by atoms with Gasteiger partial charge in [0.15, 0.2) is 0 Å². The van der Waals surface area contributed by atoms with Crippen LogP contribution in [0.15, 0.2) is 18.5 Å². The number of hydrogen-bond donors (Lipinski definition) is 1. The smallest absolute Gasteiger partial charge is 0.0812 e. The summed E-state index contributed by atoms with van der Waals surface area (Å²) in [4.78, 5) is 4.13. The Hall–Kier alpha value is -0.930. The molecule has 1 heterocycles. The van der Waals surface area contributed by atoms with Gasteiger partial charge in [0, 0.05) is 19.5 Å². The molecule has 0 saturated heterocycles. The zero-order valence-corrected chi connectivity index (χ0v) is 10.8. The van der Waals surface area contributed by atoms with Crippen LogP contribution >= 0.6 is 0 Å². The Labute approximate surface area is 98.0 Å². The average Bonchev–Trinajstić information content (AvgIpc) is 2.17. The highest BCUT2D eigenvalue weighted by molar-refractivity contribution is 5.26. The van der Waals surface area contributed by atoms with Gasteiger partial charge < -0.3 is 10.5 Å². The van der Waals surface area contributed by atoms with Gasteiger partial charge in [0.1, 0.15) is 0 Å². The van der Waals surface area contributed by atoms with Gasteiger partial charge in [-0.2, -0.15) is 0 Å². The lowest BCUT2D eigenvalue weighted by Gasteiger charge is -2.34. The molecule has 1 rings (SSSR count). The van der Waals surface area contributed by atoms with Crippen molar-refractivity contribution in [2.75, 3.05) is 7.11 Å². The monoisotopic (exact) mass is 222 g/mol. The molecule has 0 aromatic carbocycles. The van der Waals surface area contributed by atoms with Crippen LogP contribution in [0.1, 0.15) is 37.9 Å². The summed E-state index contributed by atoms with van der Waals surface area (Å²) < 4.78 is 5.53. The van der Waals surface area contributed by atoms with Crippen molar-refractivity contribution in [2.45, 2.75) is 39.8 Å². The lowest BCUT2D eigenvalue weighted by atomic mass is 9.82. The normalized spacial score (nSPS) is 15.9. The van der Waals surface area contributed by atoms with Gasteiger partial charge in [-0.1, -0.05) is 20.8 Å². The SMILES string of the molecule is COC(C(N)c1cnccc1C)C(C)(C)C. The Kier molecular flexibility index (Phi) is 4.05. The highest BCUT2D eigenvalue weighted by Crippen LogP contribution is 2.31. The van der Waals surface area contributed by atoms with Crippen molar-refractivity contribution in [1.82, 2.24) is 4.98 Å². The van der Waals surface area contributed by atoms with E-state index in [4.69, 9.17) is 10.5 Å². The summed E-state index contributed by atoms with van der Waals surface area (Å²) in [5.74, 6) is 0. The summed E-state index contributed by atoms with van der Waals surface area (Å²) in [6.45, 7) is 8.44. The number of methoxy groups -OCH3 is 1. The van der Waals surface area contributed by atoms with Crippen LogP contribution in [-0.4, -0.2) is 18.2 Å². The molecule has 0 bridgehead atoms. The quantitative estimate of drug-likeness (QED) is 0.854. The van der Waals surface area contributed by atoms with Gasteiger partial charge in [0.2, 0.25) is 0 Å². The molecule has 0 radical (unpaired) electrons. The lowest BCUT2D eigenvalue weighted by Crippen LogP contribution is -2.39. The minimum atomic E-state index is -0.140. The molecule has 3 nitrogen and oxygen atoms in total. The first-order valence-electron chi connectivity index (χ1n) is 5.57. The minimum absolute atomic E-state index is 0.0104. The van der Waals surface area contributed by atoms with Gasteiger partial charge in [0.25, 0.3) is 0 Å². The Morgan fingerprint density at radius 1 is 1.38 bits per heavy atom. The molecule has 0 saturated carbocycles. The van der Waals surface area contributed by atoms with E-state index < -0.39 is 0 Å². The number of aromatic nitrogens is 1. The maximum absolute atomic E-state index is 6.27. The van der Waals surface area contributed by atoms with Crippen molar-refractivity contribution in [3.8, 4) is 0 Å². The van der Waals surface area contributed by atoms with Gasteiger partial charge >= 0.3 is 0 Å². The third kappa shape index (κ3) is 2.80. The average molecular weight is 222 g/mol. The second-order valence-corrected chi connectivity index (χ2v) is 5.28. The van der Waals surface area contributed by atoms with Crippen LogP contribution in [0.2, 0.25) is 0 Å². The van der Waals surface area contributed by atoms with Crippen LogP contribution < -0.4 is 5.73 Å². The van der Waals surface area contributed by atoms with E-state index in [2.05, 4.69) is 25.8 Å². The van der Waals surface area contributed by atoms with E-state index in [1.54, 1.807) is 13.3 Å². The summed E-state index contributed by atoms with van der Waals surface area (Å²) in [5.41, 5.74) is 8.50. The Balaban J connectivity index is 3.01. The second-order valence-electron chi connectivity index (χ2n) is 5.28. The molecule has 90 valence electrons. The van der Waals surface area contributed by atoms with Crippen molar-refractivity contribution < 1.29 is 4.74 Å². The molecule has 2 atom stereocenters. The minimum Gasteiger partial charge on any atom is -0.379 e. The molecule has 16 heavy (non-hydrogen) atoms. The number of nitrogens with zero attached hydrogens (tertiary/aromatic N) is 1. The molecule has 1 aromatic rings. The predicted molar refractivity (Wildman–Crippen MR) is 66.2 cm³/mol. The van der Waals surface area contributed by atoms with E-state index in [-0.39, 0.29) is 17.6 Å². The number of pyridine rings is 1. The molecule has 0 amide bonds. The zero-order valence-electron chi connectivity index (χ0n) is 10.8. The number of hydrogen-bond acceptors (Lipinski definition) is 3. The Bertz CT molecular complexity index is 344. The van der Waals surface area contributed by atoms with Crippen LogP contribution in [0.25, 0.3) is 0 Å². The third-order valence-electron chi connectivity index (χ3n) is 2.87. The van der Waals surface area contributed by atoms with Crippen molar-refractivity contribution in [2.24, 2.45) is 11.1 Å². The van der Waals surface area contributed by atoms with E-state index in [9.17, 15) is 0 Å². The summed E-state index contributed by atoms with van der Waals surface area (Å²) in [7, 11) is 1.71. The van der Waals surface area contributed by atoms with Crippen LogP contribution in [0.5, 0.6) is 0 Å². The first kappa shape index (κ1) is 13.1. The van der Waals surface area contributed by atoms with E-state index in [0.29, 0.717) is 0 Å². The predicted octanol–water partition coefficient (Wildman–Crippen LogP) is 2.45. The molecule has 0 spiro atoms. The first-order valence-corrected chi connectivity index (χ1v) is 5.57. The molecule has 2 N–H and O–H groups in total. The van der Waals surface area contributed by atoms with Crippen molar-refractivity contribution in [3.63, 3.8) is 0 Å². The van der Waals surface area contributed by atoms with Crippen molar-refractivity contribution in [3.05, 3.63) is 29.6 Å². The third-order valence-corrected chi connectivity index (χ3v) is 2.87. The number of rotatable bonds is 3. The fourth-order valence-electron chi connectivity index (χ4n) is 2.03. The molecule has 0 fully saturated rings. The van der Waals surface area contributed by atoms with E-state index in [1.165, 1.54) is 0 Å². The Morgan fingerprint density at radius 3 is 2.44 bits per heavy atom. The van der Waals surface area contributed by atoms with Crippen LogP contribution in [0.3, 0.4) is 0 Å². The highest BCUT2D eigenvalue weighted by atomic mass is 16.5. The number of aryl methyl sites for hydroxylation is 1. The summed E-state index contributed by atoms with van der Waals surface area (Å²) in [6.07, 6.45) is 3.60. The van der Waals surface area contributed by atoms with Gasteiger partial charge in [-0.25, -0.2) is 0 Å². The van der Waals surface area contributed by atoms with Crippen LogP contribution in [-0.2, 0) is 4.74 Å². The topological polar surface area (TPSA) is 48.1 Å². The summed E-state index contributed by atoms with van der Waals surface area (Å²) >= 11 is 0. The van der Waals surface area contributed by atoms with E-state index in [0.717, 1.165) is 11.1 Å². The van der Waals surface area contributed by atoms with Gasteiger partial charge in [0.05, 0.1) is 12.1 Å². The summed E-state index contributed by atoms with van der Waals surface area (Å²) in [5, 5.41) is 0. The molecule has 2 unspecified atom stereocenters. The molecule has 0 aliphatic rings. The molecule has 1 aromatic heterocycles. The lowest BCUT2D eigenvalue weighted by molar-refractivity contribution is -0.00263. The first-order chi connectivity index (χ1) is 7.38. The van der Waals surface area contributed by atoms with Gasteiger partial charge in [-0.15, -0.1) is 0 Å². The molecular weight excluding hydrogens is 200 g/mol. The molecule has 0 aliphatic heterocycles. The fourth-order valence-corrected chi connectivity index (χ4v) is 2.03. The van der Waals surface area contributed by atoms with Crippen molar-refractivity contribution in [1.29, 1.82) is 0 Å². The van der Waals surface area contributed by atoms with Crippen LogP contribution in [0.4, 0.5) is 0 Å². The van der Waals surface area contributed by atoms with Gasteiger partial charge in [-0.05, 0) is 29.5 Å². The maximum Gasteiger partial charge on any atom is 0.0812 e. The molecular formula is C13H22N2O. The highest BCUT2D eigenvalue weighted by Gasteiger charge is 2.31. The fraction of sp³-hybridized carbons (Fsp3) is 0.615. The number of nitrogens with two attached hydrogens (primary N) is 1. The molecule has 3 heteroatoms. The number of ether oxygens (including phenoxy) is 1. The maximum atomic E-state index is 6.27. The molecule has 0 aliphatic carbocycles. The summed E-state index contributed by atoms with van der Waals surface area (Å²) in [6, 6.07) is 1.84. The van der Waals surface area contributed by atoms with Gasteiger partial charge in [-0.3, -0.25) is 4.98 Å². The van der Waals surface area contributed by atoms with E-state index in [1.807, 2.05) is 19.2 Å². The van der Waals surface area contributed by atoms with Crippen molar-refractivity contribution >= 4 is 0 Å². The second kappa shape index (κ2) is 4.93. The van der Waals surface area contributed by atoms with Crippen LogP contribution in [0, 0.1) is 12.3 Å². The largest absolute Gasteiger partial charge is 0.379 e. The zero-order chi connectivity index (χ0) is 12.3. The standard InChI is InChI=1S/C13H22N2O/c1-9-6-7-15-8-10(9)11(14)12(16-5)13(2,3)4/h6-8,11-12H,14H2,1-5H3. The Morgan fingerprint density at radius 2 is 2.00 bits per heavy atom.